The van der Waals surface area contributed by atoms with E-state index in [1.807, 2.05) is 0 Å². The summed E-state index contributed by atoms with van der Waals surface area (Å²) >= 11 is -5.21. The number of rotatable bonds is 7. The molecule has 238 valence electrons. The molecule has 0 aromatic heterocycles. The zero-order valence-electron chi connectivity index (χ0n) is 29.3. The van der Waals surface area contributed by atoms with Crippen molar-refractivity contribution in [2.24, 2.45) is 0 Å². The average Bonchev–Trinajstić information content (AvgIpc) is 3.63. The summed E-state index contributed by atoms with van der Waals surface area (Å²) in [5.74, 6) is 0. The molecule has 0 fully saturated rings. The van der Waals surface area contributed by atoms with Crippen LogP contribution < -0.4 is 0 Å². The first-order chi connectivity index (χ1) is 23.1. The van der Waals surface area contributed by atoms with Crippen LogP contribution in [0.4, 0.5) is 0 Å². The van der Waals surface area contributed by atoms with Crippen molar-refractivity contribution in [1.29, 1.82) is 0 Å². The Bertz CT molecular complexity index is 2110. The van der Waals surface area contributed by atoms with Gasteiger partial charge in [-0.1, -0.05) is 0 Å². The summed E-state index contributed by atoms with van der Waals surface area (Å²) < 4.78 is 15.2. The Labute approximate surface area is 296 Å². The maximum atomic E-state index is 2.75. The molecule has 0 amide bonds. The molecule has 0 heterocycles. The molecule has 2 aliphatic rings. The third-order valence-corrected chi connectivity index (χ3v) is 33.7. The molecule has 0 spiro atoms. The minimum absolute atomic E-state index is 0.650. The first-order valence-corrected chi connectivity index (χ1v) is 33.9. The molecule has 0 N–H and O–H groups in total. The number of benzene rings is 6. The number of hydrogen-bond acceptors (Lipinski definition) is 0. The van der Waals surface area contributed by atoms with Gasteiger partial charge in [-0.3, -0.25) is 0 Å². The van der Waals surface area contributed by atoms with Crippen molar-refractivity contribution < 1.29 is 40.5 Å². The van der Waals surface area contributed by atoms with E-state index < -0.39 is 40.5 Å². The van der Waals surface area contributed by atoms with Crippen LogP contribution >= 0.6 is 0 Å². The van der Waals surface area contributed by atoms with Crippen molar-refractivity contribution in [1.82, 2.24) is 0 Å². The normalized spacial score (nSPS) is 17.4. The van der Waals surface area contributed by atoms with Gasteiger partial charge in [0.05, 0.1) is 0 Å². The van der Waals surface area contributed by atoms with Crippen molar-refractivity contribution in [3.63, 3.8) is 0 Å². The van der Waals surface area contributed by atoms with E-state index in [4.69, 9.17) is 0 Å². The Kier molecular flexibility index (Phi) is 8.38. The Morgan fingerprint density at radius 2 is 0.771 bits per heavy atom. The Hall–Kier alpha value is -2.91. The second kappa shape index (κ2) is 12.4. The summed E-state index contributed by atoms with van der Waals surface area (Å²) in [6, 6.07) is 45.6. The third kappa shape index (κ3) is 5.47. The van der Waals surface area contributed by atoms with E-state index in [9.17, 15) is 0 Å². The Balaban J connectivity index is 1.09. The van der Waals surface area contributed by atoms with Gasteiger partial charge >= 0.3 is 299 Å². The van der Waals surface area contributed by atoms with Gasteiger partial charge < -0.3 is 0 Å². The molecular formula is C46H46Zr2. The summed E-state index contributed by atoms with van der Waals surface area (Å²) in [5.41, 5.74) is 14.9. The summed E-state index contributed by atoms with van der Waals surface area (Å²) in [6.07, 6.45) is 5.11. The molecule has 0 radical (unpaired) electrons. The fraction of sp³-hybridized carbons (Fsp3) is 0.217. The van der Waals surface area contributed by atoms with Gasteiger partial charge in [-0.05, 0) is 0 Å². The summed E-state index contributed by atoms with van der Waals surface area (Å²) in [4.78, 5) is 0. The van der Waals surface area contributed by atoms with Crippen LogP contribution in [0.3, 0.4) is 0 Å². The molecule has 0 aliphatic heterocycles. The van der Waals surface area contributed by atoms with Crippen LogP contribution in [-0.4, -0.2) is 0 Å². The topological polar surface area (TPSA) is 0 Å². The van der Waals surface area contributed by atoms with Gasteiger partial charge in [0.1, 0.15) is 0 Å². The van der Waals surface area contributed by atoms with Crippen molar-refractivity contribution >= 4 is 33.7 Å². The standard InChI is InChI=1S/2C20H15.C2H4.4CH3.2Zr/c2*1-14-12-16-8-5-11-19(20(16)13-14)18-10-4-7-15-6-2-3-9-17(15)18;1-2;;;;;;/h2*2-13H,1H3;1-2H2;4*1H3;;. The van der Waals surface area contributed by atoms with E-state index in [1.54, 1.807) is 22.3 Å². The number of hydrogen-bond donors (Lipinski definition) is 0. The molecule has 2 heteroatoms. The molecule has 6 aromatic rings. The second-order valence-corrected chi connectivity index (χ2v) is 40.6. The third-order valence-electron chi connectivity index (χ3n) is 11.7. The molecular weight excluding hydrogens is 735 g/mol. The van der Waals surface area contributed by atoms with Gasteiger partial charge in [0.15, 0.2) is 0 Å². The molecule has 2 atom stereocenters. The monoisotopic (exact) mass is 778 g/mol. The van der Waals surface area contributed by atoms with E-state index in [2.05, 4.69) is 166 Å². The maximum absolute atomic E-state index is 2.75. The van der Waals surface area contributed by atoms with Gasteiger partial charge in [-0.25, -0.2) is 0 Å². The van der Waals surface area contributed by atoms with Crippen molar-refractivity contribution in [3.8, 4) is 22.3 Å². The van der Waals surface area contributed by atoms with Crippen LogP contribution in [0.15, 0.2) is 132 Å². The van der Waals surface area contributed by atoms with Crippen LogP contribution in [0.2, 0.25) is 26.8 Å². The Morgan fingerprint density at radius 3 is 1.21 bits per heavy atom. The molecule has 2 aliphatic carbocycles. The first-order valence-electron chi connectivity index (χ1n) is 17.7. The summed E-state index contributed by atoms with van der Waals surface area (Å²) in [6.45, 7) is 4.86. The molecule has 0 bridgehead atoms. The molecule has 8 rings (SSSR count). The van der Waals surface area contributed by atoms with Gasteiger partial charge in [-0.15, -0.1) is 0 Å². The van der Waals surface area contributed by atoms with Crippen LogP contribution in [-0.2, 0) is 40.5 Å². The van der Waals surface area contributed by atoms with Gasteiger partial charge in [0, 0.05) is 0 Å². The van der Waals surface area contributed by atoms with Crippen LogP contribution in [0.5, 0.6) is 0 Å². The van der Waals surface area contributed by atoms with E-state index >= 15 is 0 Å². The Morgan fingerprint density at radius 1 is 0.417 bits per heavy atom. The first kappa shape index (κ1) is 32.3. The number of allylic oxidation sites excluding steroid dienone is 2. The van der Waals surface area contributed by atoms with E-state index in [1.165, 1.54) is 63.2 Å². The fourth-order valence-corrected chi connectivity index (χ4v) is 44.7. The van der Waals surface area contributed by atoms with E-state index in [0.717, 1.165) is 0 Å². The predicted octanol–water partition coefficient (Wildman–Crippen LogP) is 14.3. The minimum atomic E-state index is -2.60. The molecule has 0 nitrogen and oxygen atoms in total. The molecule has 2 unspecified atom stereocenters. The van der Waals surface area contributed by atoms with E-state index in [-0.39, 0.29) is 0 Å². The zero-order valence-corrected chi connectivity index (χ0v) is 34.2. The van der Waals surface area contributed by atoms with Crippen LogP contribution in [0.25, 0.3) is 56.0 Å². The SMILES string of the molecule is CC1=Cc2c(-c3cccc4ccccc34)cccc2[CH]1[Zr]([CH3])([CH3])[CH2][CH2][Zr]([CH3])([CH3])[CH]1C(C)=Cc2c(-c3cccc4ccccc34)cccc21. The second-order valence-electron chi connectivity index (χ2n) is 15.8. The number of fused-ring (bicyclic) bond motifs is 4. The zero-order chi connectivity index (χ0) is 33.2. The van der Waals surface area contributed by atoms with Crippen molar-refractivity contribution in [2.45, 2.75) is 47.9 Å². The molecule has 0 saturated carbocycles. The van der Waals surface area contributed by atoms with Gasteiger partial charge in [0.25, 0.3) is 0 Å². The molecule has 6 aromatic carbocycles. The molecule has 0 saturated heterocycles. The van der Waals surface area contributed by atoms with Gasteiger partial charge in [-0.2, -0.15) is 0 Å². The summed E-state index contributed by atoms with van der Waals surface area (Å²) in [5, 5.41) is 5.34. The van der Waals surface area contributed by atoms with E-state index in [0.29, 0.717) is 7.25 Å². The average molecular weight is 781 g/mol. The van der Waals surface area contributed by atoms with Crippen molar-refractivity contribution in [3.05, 3.63) is 155 Å². The van der Waals surface area contributed by atoms with Crippen LogP contribution in [0, 0.1) is 0 Å². The predicted molar refractivity (Wildman–Crippen MR) is 205 cm³/mol. The van der Waals surface area contributed by atoms with Crippen molar-refractivity contribution in [2.75, 3.05) is 0 Å². The fourth-order valence-electron chi connectivity index (χ4n) is 9.50. The molecule has 48 heavy (non-hydrogen) atoms. The van der Waals surface area contributed by atoms with Crippen LogP contribution in [0.1, 0.15) is 43.4 Å². The quantitative estimate of drug-likeness (QED) is 0.151. The summed E-state index contributed by atoms with van der Waals surface area (Å²) in [7, 11) is 0. The van der Waals surface area contributed by atoms with Gasteiger partial charge in [0.2, 0.25) is 0 Å².